The van der Waals surface area contributed by atoms with E-state index in [2.05, 4.69) is 4.90 Å². The summed E-state index contributed by atoms with van der Waals surface area (Å²) in [7, 11) is 1.82. The molecule has 0 aliphatic carbocycles. The van der Waals surface area contributed by atoms with Crippen LogP contribution in [0.25, 0.3) is 0 Å². The summed E-state index contributed by atoms with van der Waals surface area (Å²) in [5.41, 5.74) is 0. The molecule has 0 radical (unpaired) electrons. The summed E-state index contributed by atoms with van der Waals surface area (Å²) >= 11 is 0. The van der Waals surface area contributed by atoms with Crippen LogP contribution in [-0.2, 0) is 4.74 Å². The molecule has 2 saturated heterocycles. The van der Waals surface area contributed by atoms with Crippen molar-refractivity contribution in [1.82, 2.24) is 4.90 Å². The third-order valence-corrected chi connectivity index (χ3v) is 3.33. The van der Waals surface area contributed by atoms with E-state index in [1.165, 1.54) is 38.6 Å². The lowest BCUT2D eigenvalue weighted by Gasteiger charge is -2.33. The van der Waals surface area contributed by atoms with E-state index >= 15 is 0 Å². The Hall–Kier alpha value is -0.0800. The molecule has 1 unspecified atom stereocenters. The van der Waals surface area contributed by atoms with Gasteiger partial charge in [-0.25, -0.2) is 0 Å². The fourth-order valence-corrected chi connectivity index (χ4v) is 2.74. The van der Waals surface area contributed by atoms with Crippen molar-refractivity contribution in [1.29, 1.82) is 0 Å². The molecule has 70 valence electrons. The molecule has 2 aliphatic rings. The zero-order valence-electron chi connectivity index (χ0n) is 7.96. The Morgan fingerprint density at radius 3 is 3.00 bits per heavy atom. The molecular weight excluding hydrogens is 150 g/mol. The molecule has 2 fully saturated rings. The molecule has 0 aromatic carbocycles. The van der Waals surface area contributed by atoms with Gasteiger partial charge in [0.1, 0.15) is 0 Å². The van der Waals surface area contributed by atoms with Crippen LogP contribution in [0, 0.1) is 0 Å². The average Bonchev–Trinajstić information content (AvgIpc) is 2.50. The van der Waals surface area contributed by atoms with Gasteiger partial charge in [-0.2, -0.15) is 0 Å². The lowest BCUT2D eigenvalue weighted by Crippen LogP contribution is -2.41. The topological polar surface area (TPSA) is 12.5 Å². The molecule has 2 rings (SSSR count). The zero-order chi connectivity index (χ0) is 8.39. The number of piperidine rings is 1. The van der Waals surface area contributed by atoms with Crippen LogP contribution in [0.2, 0.25) is 0 Å². The highest BCUT2D eigenvalue weighted by Crippen LogP contribution is 2.31. The molecule has 2 aliphatic heterocycles. The minimum atomic E-state index is 0.736. The molecule has 0 amide bonds. The Kier molecular flexibility index (Phi) is 2.66. The van der Waals surface area contributed by atoms with Gasteiger partial charge in [0.05, 0.1) is 6.61 Å². The van der Waals surface area contributed by atoms with Crippen LogP contribution < -0.4 is 0 Å². The number of fused-ring (bicyclic) bond motifs is 1. The van der Waals surface area contributed by atoms with Crippen molar-refractivity contribution in [3.05, 3.63) is 0 Å². The van der Waals surface area contributed by atoms with Gasteiger partial charge in [-0.1, -0.05) is 6.42 Å². The highest BCUT2D eigenvalue weighted by Gasteiger charge is 2.34. The smallest absolute Gasteiger partial charge is 0.0618 e. The van der Waals surface area contributed by atoms with E-state index in [1.807, 2.05) is 7.11 Å². The third-order valence-electron chi connectivity index (χ3n) is 3.33. The van der Waals surface area contributed by atoms with E-state index in [4.69, 9.17) is 4.74 Å². The minimum absolute atomic E-state index is 0.736. The fourth-order valence-electron chi connectivity index (χ4n) is 2.74. The van der Waals surface area contributed by atoms with Gasteiger partial charge >= 0.3 is 0 Å². The van der Waals surface area contributed by atoms with Crippen molar-refractivity contribution in [3.63, 3.8) is 0 Å². The van der Waals surface area contributed by atoms with Crippen molar-refractivity contribution in [2.45, 2.75) is 44.2 Å². The molecule has 2 heterocycles. The Morgan fingerprint density at radius 2 is 2.17 bits per heavy atom. The summed E-state index contributed by atoms with van der Waals surface area (Å²) in [6.45, 7) is 2.26. The van der Waals surface area contributed by atoms with Crippen molar-refractivity contribution < 1.29 is 4.74 Å². The summed E-state index contributed by atoms with van der Waals surface area (Å²) in [6, 6.07) is 1.64. The molecule has 0 bridgehead atoms. The first kappa shape index (κ1) is 8.52. The van der Waals surface area contributed by atoms with Crippen molar-refractivity contribution >= 4 is 0 Å². The lowest BCUT2D eigenvalue weighted by molar-refractivity contribution is 0.0799. The first-order chi connectivity index (χ1) is 5.92. The summed E-state index contributed by atoms with van der Waals surface area (Å²) in [4.78, 5) is 2.67. The predicted octanol–water partition coefficient (Wildman–Crippen LogP) is 1.65. The number of methoxy groups -OCH3 is 1. The van der Waals surface area contributed by atoms with Gasteiger partial charge in [0, 0.05) is 19.2 Å². The number of ether oxygens (including phenoxy) is 1. The maximum Gasteiger partial charge on any atom is 0.0618 e. The van der Waals surface area contributed by atoms with Crippen LogP contribution in [0.3, 0.4) is 0 Å². The van der Waals surface area contributed by atoms with Gasteiger partial charge in [0.15, 0.2) is 0 Å². The van der Waals surface area contributed by atoms with Gasteiger partial charge in [0.2, 0.25) is 0 Å². The molecule has 12 heavy (non-hydrogen) atoms. The highest BCUT2D eigenvalue weighted by atomic mass is 16.5. The molecule has 0 saturated carbocycles. The zero-order valence-corrected chi connectivity index (χ0v) is 7.96. The summed E-state index contributed by atoms with van der Waals surface area (Å²) in [5.74, 6) is 0. The number of hydrogen-bond acceptors (Lipinski definition) is 2. The molecule has 2 nitrogen and oxygen atoms in total. The Balaban J connectivity index is 1.92. The average molecular weight is 169 g/mol. The number of rotatable bonds is 2. The predicted molar refractivity (Wildman–Crippen MR) is 49.2 cm³/mol. The molecule has 0 N–H and O–H groups in total. The largest absolute Gasteiger partial charge is 0.383 e. The second-order valence-electron chi connectivity index (χ2n) is 4.07. The maximum absolute atomic E-state index is 5.23. The summed E-state index contributed by atoms with van der Waals surface area (Å²) < 4.78 is 5.23. The molecule has 2 atom stereocenters. The van der Waals surface area contributed by atoms with Gasteiger partial charge in [-0.3, -0.25) is 4.90 Å². The van der Waals surface area contributed by atoms with Crippen molar-refractivity contribution in [2.75, 3.05) is 20.3 Å². The van der Waals surface area contributed by atoms with E-state index in [9.17, 15) is 0 Å². The normalized spacial score (nSPS) is 36.8. The monoisotopic (exact) mass is 169 g/mol. The third kappa shape index (κ3) is 1.50. The van der Waals surface area contributed by atoms with Crippen LogP contribution in [0.5, 0.6) is 0 Å². The van der Waals surface area contributed by atoms with E-state index in [0.29, 0.717) is 0 Å². The first-order valence-corrected chi connectivity index (χ1v) is 5.16. The van der Waals surface area contributed by atoms with E-state index in [0.717, 1.165) is 18.7 Å². The summed E-state index contributed by atoms with van der Waals surface area (Å²) in [6.07, 6.45) is 7.05. The van der Waals surface area contributed by atoms with Crippen LogP contribution in [0.1, 0.15) is 32.1 Å². The number of nitrogens with zero attached hydrogens (tertiary/aromatic N) is 1. The van der Waals surface area contributed by atoms with Gasteiger partial charge in [0.25, 0.3) is 0 Å². The van der Waals surface area contributed by atoms with Crippen molar-refractivity contribution in [3.8, 4) is 0 Å². The number of hydrogen-bond donors (Lipinski definition) is 0. The second-order valence-corrected chi connectivity index (χ2v) is 4.07. The van der Waals surface area contributed by atoms with Crippen LogP contribution in [0.15, 0.2) is 0 Å². The van der Waals surface area contributed by atoms with Crippen molar-refractivity contribution in [2.24, 2.45) is 0 Å². The molecule has 0 aromatic rings. The summed E-state index contributed by atoms with van der Waals surface area (Å²) in [5, 5.41) is 0. The molecular formula is C10H19NO. The fraction of sp³-hybridized carbons (Fsp3) is 1.00. The molecule has 0 aromatic heterocycles. The van der Waals surface area contributed by atoms with Gasteiger partial charge < -0.3 is 4.74 Å². The van der Waals surface area contributed by atoms with E-state index in [-0.39, 0.29) is 0 Å². The molecule has 2 heteroatoms. The quantitative estimate of drug-likeness (QED) is 0.623. The molecule has 0 spiro atoms. The Morgan fingerprint density at radius 1 is 1.25 bits per heavy atom. The van der Waals surface area contributed by atoms with E-state index in [1.54, 1.807) is 0 Å². The lowest BCUT2D eigenvalue weighted by atomic mass is 10.0. The Bertz CT molecular complexity index is 149. The Labute approximate surface area is 74.9 Å². The SMILES string of the molecule is COCC1CC[C@H]2CCCCN12. The van der Waals surface area contributed by atoms with Gasteiger partial charge in [-0.15, -0.1) is 0 Å². The first-order valence-electron chi connectivity index (χ1n) is 5.16. The van der Waals surface area contributed by atoms with Crippen LogP contribution >= 0.6 is 0 Å². The van der Waals surface area contributed by atoms with Crippen LogP contribution in [-0.4, -0.2) is 37.2 Å². The highest BCUT2D eigenvalue weighted by molar-refractivity contribution is 4.89. The van der Waals surface area contributed by atoms with E-state index < -0.39 is 0 Å². The minimum Gasteiger partial charge on any atom is -0.383 e. The second kappa shape index (κ2) is 3.75. The van der Waals surface area contributed by atoms with Gasteiger partial charge in [-0.05, 0) is 32.2 Å². The maximum atomic E-state index is 5.23. The standard InChI is InChI=1S/C10H19NO/c1-12-8-10-6-5-9-4-2-3-7-11(9)10/h9-10H,2-8H2,1H3/t9-,10?/m1/s1. The van der Waals surface area contributed by atoms with Crippen LogP contribution in [0.4, 0.5) is 0 Å².